The van der Waals surface area contributed by atoms with E-state index in [9.17, 15) is 13.6 Å². The molecule has 29 heavy (non-hydrogen) atoms. The van der Waals surface area contributed by atoms with E-state index in [-0.39, 0.29) is 11.5 Å². The van der Waals surface area contributed by atoms with Gasteiger partial charge in [0.2, 0.25) is 5.95 Å². The van der Waals surface area contributed by atoms with Crippen LogP contribution in [0.1, 0.15) is 10.4 Å². The number of piperazine rings is 1. The maximum Gasteiger partial charge on any atom is 0.254 e. The third-order valence-electron chi connectivity index (χ3n) is 4.97. The maximum absolute atomic E-state index is 13.4. The summed E-state index contributed by atoms with van der Waals surface area (Å²) in [6.45, 7) is 2.08. The number of benzene rings is 2. The quantitative estimate of drug-likeness (QED) is 0.678. The van der Waals surface area contributed by atoms with E-state index in [0.717, 1.165) is 29.5 Å². The summed E-state index contributed by atoms with van der Waals surface area (Å²) in [5.41, 5.74) is 1.08. The van der Waals surface area contributed by atoms with Crippen LogP contribution in [0.2, 0.25) is 0 Å². The van der Waals surface area contributed by atoms with Crippen LogP contribution >= 0.6 is 0 Å². The van der Waals surface area contributed by atoms with Crippen molar-refractivity contribution >= 4 is 11.9 Å². The highest BCUT2D eigenvalue weighted by Gasteiger charge is 2.25. The van der Waals surface area contributed by atoms with Gasteiger partial charge in [-0.1, -0.05) is 6.07 Å². The first-order chi connectivity index (χ1) is 14.1. The van der Waals surface area contributed by atoms with Gasteiger partial charge < -0.3 is 14.5 Å². The van der Waals surface area contributed by atoms with Crippen molar-refractivity contribution in [3.63, 3.8) is 0 Å². The molecule has 0 aliphatic carbocycles. The summed E-state index contributed by atoms with van der Waals surface area (Å²) in [6, 6.07) is 10.9. The monoisotopic (exact) mass is 398 g/mol. The number of hydrogen-bond acceptors (Lipinski definition) is 4. The second-order valence-corrected chi connectivity index (χ2v) is 6.71. The van der Waals surface area contributed by atoms with E-state index in [1.165, 1.54) is 6.07 Å². The molecular weight excluding hydrogens is 378 g/mol. The van der Waals surface area contributed by atoms with Crippen LogP contribution in [0.4, 0.5) is 14.7 Å². The molecule has 1 amide bonds. The Morgan fingerprint density at radius 1 is 1.03 bits per heavy atom. The Balaban J connectivity index is 1.47. The van der Waals surface area contributed by atoms with Crippen molar-refractivity contribution in [2.45, 2.75) is 0 Å². The molecule has 0 radical (unpaired) electrons. The van der Waals surface area contributed by atoms with Crippen LogP contribution in [-0.2, 0) is 0 Å². The van der Waals surface area contributed by atoms with Crippen molar-refractivity contribution in [3.8, 4) is 11.4 Å². The summed E-state index contributed by atoms with van der Waals surface area (Å²) in [4.78, 5) is 20.8. The van der Waals surface area contributed by atoms with E-state index in [1.807, 2.05) is 35.0 Å². The number of halogens is 2. The normalized spacial score (nSPS) is 14.2. The Kier molecular flexibility index (Phi) is 5.16. The van der Waals surface area contributed by atoms with Gasteiger partial charge in [-0.25, -0.2) is 13.8 Å². The molecule has 0 bridgehead atoms. The lowest BCUT2D eigenvalue weighted by atomic mass is 10.1. The van der Waals surface area contributed by atoms with Gasteiger partial charge in [-0.3, -0.25) is 9.36 Å². The molecule has 3 aromatic rings. The lowest BCUT2D eigenvalue weighted by molar-refractivity contribution is 0.0745. The molecule has 1 aromatic heterocycles. The minimum atomic E-state index is -1.02. The molecule has 4 rings (SSSR count). The maximum atomic E-state index is 13.4. The predicted molar refractivity (Wildman–Crippen MR) is 105 cm³/mol. The standard InChI is InChI=1S/C21H20F2N4O2/c1-29-17-4-2-3-16(14-17)27-8-7-24-21(27)26-11-9-25(10-12-26)20(28)15-5-6-18(22)19(23)13-15/h2-8,13-14H,9-12H2,1H3. The summed E-state index contributed by atoms with van der Waals surface area (Å²) in [5.74, 6) is -0.757. The van der Waals surface area contributed by atoms with Gasteiger partial charge in [-0.15, -0.1) is 0 Å². The second-order valence-electron chi connectivity index (χ2n) is 6.71. The number of aromatic nitrogens is 2. The first kappa shape index (κ1) is 18.9. The zero-order valence-corrected chi connectivity index (χ0v) is 15.9. The minimum absolute atomic E-state index is 0.148. The number of rotatable bonds is 4. The van der Waals surface area contributed by atoms with Gasteiger partial charge in [-0.05, 0) is 30.3 Å². The third-order valence-corrected chi connectivity index (χ3v) is 4.97. The highest BCUT2D eigenvalue weighted by atomic mass is 19.2. The van der Waals surface area contributed by atoms with Gasteiger partial charge >= 0.3 is 0 Å². The minimum Gasteiger partial charge on any atom is -0.497 e. The number of hydrogen-bond donors (Lipinski definition) is 0. The molecule has 1 fully saturated rings. The van der Waals surface area contributed by atoms with Gasteiger partial charge in [0.15, 0.2) is 11.6 Å². The number of carbonyl (C=O) groups is 1. The van der Waals surface area contributed by atoms with Crippen LogP contribution in [0.5, 0.6) is 5.75 Å². The SMILES string of the molecule is COc1cccc(-n2ccnc2N2CCN(C(=O)c3ccc(F)c(F)c3)CC2)c1. The largest absolute Gasteiger partial charge is 0.497 e. The molecule has 0 atom stereocenters. The third kappa shape index (κ3) is 3.78. The van der Waals surface area contributed by atoms with Gasteiger partial charge in [0.1, 0.15) is 5.75 Å². The number of anilines is 1. The van der Waals surface area contributed by atoms with E-state index in [0.29, 0.717) is 26.2 Å². The highest BCUT2D eigenvalue weighted by Crippen LogP contribution is 2.23. The number of carbonyl (C=O) groups excluding carboxylic acids is 1. The van der Waals surface area contributed by atoms with Crippen molar-refractivity contribution in [2.24, 2.45) is 0 Å². The Labute approximate surface area is 166 Å². The van der Waals surface area contributed by atoms with E-state index >= 15 is 0 Å². The molecule has 2 heterocycles. The van der Waals surface area contributed by atoms with E-state index < -0.39 is 11.6 Å². The van der Waals surface area contributed by atoms with E-state index in [1.54, 1.807) is 18.2 Å². The lowest BCUT2D eigenvalue weighted by Gasteiger charge is -2.35. The lowest BCUT2D eigenvalue weighted by Crippen LogP contribution is -2.49. The summed E-state index contributed by atoms with van der Waals surface area (Å²) >= 11 is 0. The van der Waals surface area contributed by atoms with Crippen LogP contribution in [0.25, 0.3) is 5.69 Å². The van der Waals surface area contributed by atoms with Gasteiger partial charge in [0.05, 0.1) is 12.8 Å². The molecule has 0 saturated carbocycles. The van der Waals surface area contributed by atoms with E-state index in [4.69, 9.17) is 4.74 Å². The van der Waals surface area contributed by atoms with Crippen LogP contribution in [0.15, 0.2) is 54.9 Å². The van der Waals surface area contributed by atoms with Crippen molar-refractivity contribution in [1.82, 2.24) is 14.5 Å². The first-order valence-corrected chi connectivity index (χ1v) is 9.24. The van der Waals surface area contributed by atoms with Crippen LogP contribution in [0, 0.1) is 11.6 Å². The Morgan fingerprint density at radius 3 is 2.55 bits per heavy atom. The number of nitrogens with zero attached hydrogens (tertiary/aromatic N) is 4. The summed E-state index contributed by atoms with van der Waals surface area (Å²) in [6.07, 6.45) is 3.61. The number of ether oxygens (including phenoxy) is 1. The average Bonchev–Trinajstić information content (AvgIpc) is 3.25. The van der Waals surface area contributed by atoms with Gasteiger partial charge in [0, 0.05) is 50.2 Å². The zero-order chi connectivity index (χ0) is 20.4. The molecule has 1 saturated heterocycles. The zero-order valence-electron chi connectivity index (χ0n) is 15.9. The average molecular weight is 398 g/mol. The van der Waals surface area contributed by atoms with Gasteiger partial charge in [0.25, 0.3) is 5.91 Å². The summed E-state index contributed by atoms with van der Waals surface area (Å²) in [5, 5.41) is 0. The first-order valence-electron chi connectivity index (χ1n) is 9.24. The Morgan fingerprint density at radius 2 is 1.83 bits per heavy atom. The highest BCUT2D eigenvalue weighted by molar-refractivity contribution is 5.94. The van der Waals surface area contributed by atoms with Crippen LogP contribution < -0.4 is 9.64 Å². The molecule has 2 aromatic carbocycles. The molecule has 150 valence electrons. The second kappa shape index (κ2) is 7.90. The fourth-order valence-corrected chi connectivity index (χ4v) is 3.41. The topological polar surface area (TPSA) is 50.6 Å². The molecule has 0 unspecified atom stereocenters. The predicted octanol–water partition coefficient (Wildman–Crippen LogP) is 3.12. The van der Waals surface area contributed by atoms with Crippen LogP contribution in [0.3, 0.4) is 0 Å². The molecule has 1 aliphatic heterocycles. The number of amides is 1. The summed E-state index contributed by atoms with van der Waals surface area (Å²) < 4.78 is 33.8. The number of imidazole rings is 1. The van der Waals surface area contributed by atoms with Crippen molar-refractivity contribution in [2.75, 3.05) is 38.2 Å². The molecular formula is C21H20F2N4O2. The number of methoxy groups -OCH3 is 1. The fraction of sp³-hybridized carbons (Fsp3) is 0.238. The van der Waals surface area contributed by atoms with E-state index in [2.05, 4.69) is 9.88 Å². The van der Waals surface area contributed by atoms with Crippen molar-refractivity contribution in [1.29, 1.82) is 0 Å². The molecule has 8 heteroatoms. The van der Waals surface area contributed by atoms with Crippen LogP contribution in [-0.4, -0.2) is 53.6 Å². The molecule has 6 nitrogen and oxygen atoms in total. The Hall–Kier alpha value is -3.42. The fourth-order valence-electron chi connectivity index (χ4n) is 3.41. The Bertz CT molecular complexity index is 1030. The smallest absolute Gasteiger partial charge is 0.254 e. The molecule has 1 aliphatic rings. The van der Waals surface area contributed by atoms with Crippen molar-refractivity contribution < 1.29 is 18.3 Å². The molecule has 0 N–H and O–H groups in total. The van der Waals surface area contributed by atoms with Gasteiger partial charge in [-0.2, -0.15) is 0 Å². The molecule has 0 spiro atoms. The summed E-state index contributed by atoms with van der Waals surface area (Å²) in [7, 11) is 1.62. The van der Waals surface area contributed by atoms with Crippen molar-refractivity contribution in [3.05, 3.63) is 72.1 Å².